The van der Waals surface area contributed by atoms with Crippen LogP contribution in [0, 0.1) is 0 Å². The first-order chi connectivity index (χ1) is 14.9. The lowest BCUT2D eigenvalue weighted by Crippen LogP contribution is -2.54. The molecule has 2 saturated heterocycles. The van der Waals surface area contributed by atoms with Crippen molar-refractivity contribution in [3.8, 4) is 0 Å². The number of nitrogens with zero attached hydrogens (tertiary/aromatic N) is 5. The minimum atomic E-state index is -1.27. The van der Waals surface area contributed by atoms with Gasteiger partial charge in [-0.15, -0.1) is 0 Å². The van der Waals surface area contributed by atoms with E-state index in [4.69, 9.17) is 26.1 Å². The first kappa shape index (κ1) is 24.0. The molecule has 0 aromatic carbocycles. The lowest BCUT2D eigenvalue weighted by molar-refractivity contribution is -0.0454. The first-order valence-corrected chi connectivity index (χ1v) is 12.0. The van der Waals surface area contributed by atoms with Gasteiger partial charge in [0.1, 0.15) is 12.1 Å². The predicted octanol–water partition coefficient (Wildman–Crippen LogP) is -3.85. The van der Waals surface area contributed by atoms with Crippen molar-refractivity contribution in [3.63, 3.8) is 0 Å². The monoisotopic (exact) mass is 453 g/mol. The molecule has 1 atom stereocenters. The number of hydrogen-bond acceptors (Lipinski definition) is 7. The largest absolute Gasteiger partial charge is 0.385 e. The van der Waals surface area contributed by atoms with E-state index in [-0.39, 0.29) is 11.5 Å². The Balaban J connectivity index is 2.03. The van der Waals surface area contributed by atoms with Crippen LogP contribution in [0.1, 0.15) is 31.3 Å². The summed E-state index contributed by atoms with van der Waals surface area (Å²) in [5.74, 6) is 1.25. The third-order valence-electron chi connectivity index (χ3n) is 6.74. The van der Waals surface area contributed by atoms with E-state index in [2.05, 4.69) is 14.9 Å². The summed E-state index contributed by atoms with van der Waals surface area (Å²) in [6.07, 6.45) is 2.64. The van der Waals surface area contributed by atoms with Crippen molar-refractivity contribution in [2.45, 2.75) is 41.3 Å². The quantitative estimate of drug-likeness (QED) is 0.367. The highest BCUT2D eigenvalue weighted by Gasteiger charge is 2.53. The van der Waals surface area contributed by atoms with Crippen molar-refractivity contribution in [2.75, 3.05) is 37.8 Å². The number of aromatic nitrogens is 4. The van der Waals surface area contributed by atoms with Gasteiger partial charge in [0.15, 0.2) is 17.0 Å². The molecule has 1 N–H and O–H groups in total. The number of fused-ring (bicyclic) bond motifs is 1. The Bertz CT molecular complexity index is 972. The fraction of sp³-hybridized carbons (Fsp3) is 0.706. The maximum absolute atomic E-state index is 12.4. The molecular weight excluding hydrogens is 423 g/mol. The average Bonchev–Trinajstić information content (AvgIpc) is 3.11. The fourth-order valence-corrected chi connectivity index (χ4v) is 5.34. The Morgan fingerprint density at radius 2 is 1.59 bits per heavy atom. The van der Waals surface area contributed by atoms with Crippen LogP contribution in [0.25, 0.3) is 11.2 Å². The number of hydrogen-bond donors (Lipinski definition) is 1. The molecule has 1 unspecified atom stereocenters. The zero-order chi connectivity index (χ0) is 23.3. The smallest absolute Gasteiger partial charge is 0.226 e. The average molecular weight is 453 g/mol. The number of rotatable bonds is 5. The summed E-state index contributed by atoms with van der Waals surface area (Å²) in [4.78, 5) is 16.4. The molecule has 4 heterocycles. The van der Waals surface area contributed by atoms with Crippen molar-refractivity contribution < 1.29 is 14.6 Å². The van der Waals surface area contributed by atoms with E-state index in [9.17, 15) is 5.11 Å². The highest BCUT2D eigenvalue weighted by molar-refractivity contribution is 6.65. The van der Waals surface area contributed by atoms with E-state index in [1.807, 2.05) is 51.6 Å². The highest BCUT2D eigenvalue weighted by Crippen LogP contribution is 2.52. The molecule has 15 heteroatoms. The molecule has 8 nitrogen and oxygen atoms in total. The first-order valence-electron chi connectivity index (χ1n) is 11.6. The summed E-state index contributed by atoms with van der Waals surface area (Å²) < 4.78 is 13.7. The second-order valence-electron chi connectivity index (χ2n) is 10.9. The molecule has 2 fully saturated rings. The van der Waals surface area contributed by atoms with Gasteiger partial charge >= 0.3 is 0 Å². The van der Waals surface area contributed by atoms with Crippen molar-refractivity contribution in [2.24, 2.45) is 0 Å². The van der Waals surface area contributed by atoms with E-state index >= 15 is 0 Å². The van der Waals surface area contributed by atoms with Crippen LogP contribution in [0.5, 0.6) is 0 Å². The summed E-state index contributed by atoms with van der Waals surface area (Å²) in [5, 5.41) is 11.5. The van der Waals surface area contributed by atoms with Crippen LogP contribution < -0.4 is 4.90 Å². The molecule has 4 rings (SSSR count). The van der Waals surface area contributed by atoms with Crippen molar-refractivity contribution >= 4 is 75.7 Å². The molecule has 32 heavy (non-hydrogen) atoms. The molecule has 166 valence electrons. The van der Waals surface area contributed by atoms with Crippen LogP contribution in [0.2, 0.25) is 15.5 Å². The number of aliphatic hydroxyl groups is 1. The van der Waals surface area contributed by atoms with E-state index < -0.39 is 15.8 Å². The fourth-order valence-electron chi connectivity index (χ4n) is 5.18. The van der Waals surface area contributed by atoms with Gasteiger partial charge in [0, 0.05) is 19.7 Å². The van der Waals surface area contributed by atoms with Gasteiger partial charge in [-0.2, -0.15) is 9.97 Å². The molecule has 2 aromatic heterocycles. The minimum absolute atomic E-state index is 0.164. The minimum Gasteiger partial charge on any atom is -0.385 e. The van der Waals surface area contributed by atoms with Gasteiger partial charge in [0.2, 0.25) is 5.28 Å². The van der Waals surface area contributed by atoms with Crippen LogP contribution in [0.4, 0.5) is 5.82 Å². The molecule has 0 bridgehead atoms. The normalized spacial score (nSPS) is 21.2. The summed E-state index contributed by atoms with van der Waals surface area (Å²) in [6, 6.07) is 0. The second kappa shape index (κ2) is 8.60. The number of morpholine rings is 1. The third-order valence-corrected chi connectivity index (χ3v) is 6.91. The van der Waals surface area contributed by atoms with Crippen LogP contribution >= 0.6 is 11.6 Å². The molecule has 0 radical (unpaired) electrons. The Hall–Kier alpha value is -1.09. The van der Waals surface area contributed by atoms with E-state index in [1.54, 1.807) is 0 Å². The summed E-state index contributed by atoms with van der Waals surface area (Å²) in [5.41, 5.74) is -0.0105. The molecule has 0 amide bonds. The van der Waals surface area contributed by atoms with E-state index in [0.29, 0.717) is 55.7 Å². The number of imidazole rings is 1. The van der Waals surface area contributed by atoms with Gasteiger partial charge < -0.3 is 19.5 Å². The van der Waals surface area contributed by atoms with Crippen LogP contribution in [0.3, 0.4) is 0 Å². The molecule has 0 aliphatic carbocycles. The van der Waals surface area contributed by atoms with Gasteiger partial charge in [-0.25, -0.2) is 4.98 Å². The lowest BCUT2D eigenvalue weighted by Gasteiger charge is -2.50. The predicted molar refractivity (Wildman–Crippen MR) is 143 cm³/mol. The Kier molecular flexibility index (Phi) is 6.46. The molecular formula is C17H30B6ClN5O3. The molecule has 0 saturated carbocycles. The lowest BCUT2D eigenvalue weighted by atomic mass is 9.23. The van der Waals surface area contributed by atoms with E-state index in [0.717, 1.165) is 19.3 Å². The summed E-state index contributed by atoms with van der Waals surface area (Å²) >= 11 is 6.43. The maximum atomic E-state index is 12.4. The van der Waals surface area contributed by atoms with Gasteiger partial charge in [0.25, 0.3) is 0 Å². The zero-order valence-corrected chi connectivity index (χ0v) is 20.9. The summed E-state index contributed by atoms with van der Waals surface area (Å²) in [7, 11) is 12.3. The standard InChI is InChI=1S/C17H30B6ClN5O3/c18-16(19,20)15(30,17(21,22)23)13-25-10-11(28-4-7-31-8-5-28)26-14(24)27-12(10)29(13)9-3-1-2-6-32-9/h9,30H,1-8,18-23H2. The van der Waals surface area contributed by atoms with Crippen LogP contribution in [-0.4, -0.2) is 105 Å². The van der Waals surface area contributed by atoms with Crippen LogP contribution in [-0.2, 0) is 15.1 Å². The number of halogens is 1. The Labute approximate surface area is 200 Å². The Morgan fingerprint density at radius 1 is 0.938 bits per heavy atom. The second-order valence-corrected chi connectivity index (χ2v) is 11.3. The van der Waals surface area contributed by atoms with Crippen molar-refractivity contribution in [1.29, 1.82) is 0 Å². The topological polar surface area (TPSA) is 85.5 Å². The number of anilines is 1. The third kappa shape index (κ3) is 4.01. The van der Waals surface area contributed by atoms with Gasteiger partial charge in [-0.05, 0) is 30.9 Å². The molecule has 2 aliphatic heterocycles. The van der Waals surface area contributed by atoms with Gasteiger partial charge in [-0.1, -0.05) is 10.2 Å². The number of ether oxygens (including phenoxy) is 2. The van der Waals surface area contributed by atoms with Crippen molar-refractivity contribution in [3.05, 3.63) is 11.1 Å². The SMILES string of the molecule is BC(B)(B)C(O)(c1nc2c(N3CCOCC3)nc(Cl)nc2n1C1CCCCO1)C(B)(B)B. The van der Waals surface area contributed by atoms with Crippen LogP contribution in [0.15, 0.2) is 0 Å². The highest BCUT2D eigenvalue weighted by atomic mass is 35.5. The molecule has 0 spiro atoms. The molecule has 2 aromatic rings. The van der Waals surface area contributed by atoms with Crippen molar-refractivity contribution in [1.82, 2.24) is 19.5 Å². The zero-order valence-electron chi connectivity index (χ0n) is 20.1. The van der Waals surface area contributed by atoms with Gasteiger partial charge in [0.05, 0.1) is 65.9 Å². The molecule has 2 aliphatic rings. The Morgan fingerprint density at radius 3 is 2.16 bits per heavy atom. The summed E-state index contributed by atoms with van der Waals surface area (Å²) in [6.45, 7) is 3.32. The van der Waals surface area contributed by atoms with E-state index in [1.165, 1.54) is 0 Å². The maximum Gasteiger partial charge on any atom is 0.226 e. The van der Waals surface area contributed by atoms with Gasteiger partial charge in [-0.3, -0.25) is 4.57 Å².